The van der Waals surface area contributed by atoms with Crippen molar-refractivity contribution in [1.82, 2.24) is 4.90 Å². The highest BCUT2D eigenvalue weighted by atomic mass is 16.2. The maximum atomic E-state index is 12.6. The van der Waals surface area contributed by atoms with Crippen LogP contribution in [0.4, 0.5) is 5.69 Å². The number of Topliss-reactive ketones (excluding diaryl/α,β-unsaturated/α-hetero) is 1. The number of ketones is 1. The molecule has 3 amide bonds. The van der Waals surface area contributed by atoms with Gasteiger partial charge in [-0.05, 0) is 50.2 Å². The first-order valence-electron chi connectivity index (χ1n) is 9.22. The minimum absolute atomic E-state index is 0.0660. The van der Waals surface area contributed by atoms with Crippen LogP contribution in [0.2, 0.25) is 0 Å². The fraction of sp³-hybridized carbons (Fsp3) is 0.500. The number of nitrogens with one attached hydrogen (secondary N) is 1. The van der Waals surface area contributed by atoms with Crippen molar-refractivity contribution in [1.29, 1.82) is 0 Å². The number of hydrogen-bond donors (Lipinski definition) is 1. The molecule has 26 heavy (non-hydrogen) atoms. The Morgan fingerprint density at radius 2 is 1.77 bits per heavy atom. The molecule has 2 bridgehead atoms. The molecule has 3 fully saturated rings. The van der Waals surface area contributed by atoms with E-state index in [0.29, 0.717) is 23.1 Å². The number of nitrogens with zero attached hydrogens (tertiary/aromatic N) is 1. The molecule has 1 aromatic carbocycles. The Bertz CT molecular complexity index is 775. The molecule has 6 heteroatoms. The van der Waals surface area contributed by atoms with Crippen molar-refractivity contribution in [2.45, 2.75) is 32.6 Å². The quantitative estimate of drug-likeness (QED) is 0.649. The summed E-state index contributed by atoms with van der Waals surface area (Å²) in [5.41, 5.74) is 1.06. The lowest BCUT2D eigenvalue weighted by atomic mass is 9.81. The molecule has 0 spiro atoms. The third kappa shape index (κ3) is 2.73. The normalized spacial score (nSPS) is 29.2. The molecule has 1 heterocycles. The molecule has 0 aromatic heterocycles. The van der Waals surface area contributed by atoms with Gasteiger partial charge in [0.1, 0.15) is 0 Å². The van der Waals surface area contributed by atoms with Crippen LogP contribution >= 0.6 is 0 Å². The molecule has 6 nitrogen and oxygen atoms in total. The maximum absolute atomic E-state index is 12.6. The zero-order valence-corrected chi connectivity index (χ0v) is 14.7. The van der Waals surface area contributed by atoms with Crippen molar-refractivity contribution in [3.05, 3.63) is 29.8 Å². The van der Waals surface area contributed by atoms with Crippen LogP contribution in [0.5, 0.6) is 0 Å². The van der Waals surface area contributed by atoms with Gasteiger partial charge in [-0.15, -0.1) is 0 Å². The van der Waals surface area contributed by atoms with Crippen molar-refractivity contribution < 1.29 is 19.2 Å². The third-order valence-electron chi connectivity index (χ3n) is 6.13. The fourth-order valence-electron chi connectivity index (χ4n) is 4.94. The van der Waals surface area contributed by atoms with Crippen LogP contribution in [-0.2, 0) is 14.4 Å². The number of likely N-dealkylation sites (tertiary alicyclic amines) is 1. The maximum Gasteiger partial charge on any atom is 0.233 e. The number of fused-ring (bicyclic) bond motifs is 5. The van der Waals surface area contributed by atoms with Gasteiger partial charge in [0.15, 0.2) is 5.78 Å². The predicted octanol–water partition coefficient (Wildman–Crippen LogP) is 2.25. The minimum Gasteiger partial charge on any atom is -0.326 e. The lowest BCUT2D eigenvalue weighted by molar-refractivity contribution is -0.140. The van der Waals surface area contributed by atoms with E-state index in [1.165, 1.54) is 11.8 Å². The SMILES string of the molecule is CC(=O)c1cccc(NC(=O)CCN2C(=O)[C@H]3[C@H]4CC[C@@H](C4)[C@@H]3C2=O)c1. The molecule has 0 radical (unpaired) electrons. The monoisotopic (exact) mass is 354 g/mol. The van der Waals surface area contributed by atoms with Crippen molar-refractivity contribution in [2.24, 2.45) is 23.7 Å². The smallest absolute Gasteiger partial charge is 0.233 e. The van der Waals surface area contributed by atoms with E-state index >= 15 is 0 Å². The van der Waals surface area contributed by atoms with Gasteiger partial charge in [0.2, 0.25) is 17.7 Å². The van der Waals surface area contributed by atoms with E-state index in [0.717, 1.165) is 19.3 Å². The van der Waals surface area contributed by atoms with Crippen LogP contribution in [0, 0.1) is 23.7 Å². The van der Waals surface area contributed by atoms with E-state index in [-0.39, 0.29) is 48.3 Å². The van der Waals surface area contributed by atoms with Gasteiger partial charge in [-0.25, -0.2) is 0 Å². The molecule has 2 saturated carbocycles. The van der Waals surface area contributed by atoms with Gasteiger partial charge in [-0.2, -0.15) is 0 Å². The summed E-state index contributed by atoms with van der Waals surface area (Å²) in [7, 11) is 0. The second-order valence-electron chi connectivity index (χ2n) is 7.65. The van der Waals surface area contributed by atoms with E-state index in [9.17, 15) is 19.2 Å². The van der Waals surface area contributed by atoms with Gasteiger partial charge >= 0.3 is 0 Å². The summed E-state index contributed by atoms with van der Waals surface area (Å²) in [6.07, 6.45) is 3.17. The Kier molecular flexibility index (Phi) is 4.13. The molecule has 0 unspecified atom stereocenters. The summed E-state index contributed by atoms with van der Waals surface area (Å²) in [5, 5.41) is 2.73. The summed E-state index contributed by atoms with van der Waals surface area (Å²) >= 11 is 0. The first-order valence-corrected chi connectivity index (χ1v) is 9.22. The zero-order valence-electron chi connectivity index (χ0n) is 14.7. The van der Waals surface area contributed by atoms with Crippen LogP contribution < -0.4 is 5.32 Å². The Labute approximate surface area is 151 Å². The molecule has 1 aromatic rings. The van der Waals surface area contributed by atoms with Crippen molar-refractivity contribution in [2.75, 3.05) is 11.9 Å². The van der Waals surface area contributed by atoms with Gasteiger partial charge in [-0.1, -0.05) is 12.1 Å². The Morgan fingerprint density at radius 3 is 2.38 bits per heavy atom. The number of amides is 3. The molecule has 2 aliphatic carbocycles. The topological polar surface area (TPSA) is 83.6 Å². The first-order chi connectivity index (χ1) is 12.5. The molecule has 1 N–H and O–H groups in total. The lowest BCUT2D eigenvalue weighted by Crippen LogP contribution is -2.35. The van der Waals surface area contributed by atoms with Crippen LogP contribution in [0.3, 0.4) is 0 Å². The van der Waals surface area contributed by atoms with Crippen molar-refractivity contribution in [3.8, 4) is 0 Å². The second-order valence-corrected chi connectivity index (χ2v) is 7.65. The Balaban J connectivity index is 1.36. The number of rotatable bonds is 5. The van der Waals surface area contributed by atoms with E-state index < -0.39 is 0 Å². The van der Waals surface area contributed by atoms with E-state index in [4.69, 9.17) is 0 Å². The largest absolute Gasteiger partial charge is 0.326 e. The van der Waals surface area contributed by atoms with Crippen LogP contribution in [0.25, 0.3) is 0 Å². The van der Waals surface area contributed by atoms with Gasteiger partial charge in [-0.3, -0.25) is 24.1 Å². The molecule has 136 valence electrons. The highest BCUT2D eigenvalue weighted by Gasteiger charge is 2.60. The Morgan fingerprint density at radius 1 is 1.12 bits per heavy atom. The van der Waals surface area contributed by atoms with E-state index in [1.807, 2.05) is 0 Å². The number of hydrogen-bond acceptors (Lipinski definition) is 4. The Hall–Kier alpha value is -2.50. The van der Waals surface area contributed by atoms with Crippen LogP contribution in [-0.4, -0.2) is 34.9 Å². The molecular formula is C20H22N2O4. The number of benzene rings is 1. The van der Waals surface area contributed by atoms with Crippen LogP contribution in [0.1, 0.15) is 43.0 Å². The standard InChI is InChI=1S/C20H22N2O4/c1-11(23)12-3-2-4-15(10-12)21-16(24)7-8-22-19(25)17-13-5-6-14(9-13)18(17)20(22)26/h2-4,10,13-14,17-18H,5-9H2,1H3,(H,21,24)/t13-,14-,17-,18-/m0/s1. The third-order valence-corrected chi connectivity index (χ3v) is 6.13. The van der Waals surface area contributed by atoms with E-state index in [1.54, 1.807) is 24.3 Å². The zero-order chi connectivity index (χ0) is 18.4. The lowest BCUT2D eigenvalue weighted by Gasteiger charge is -2.19. The average molecular weight is 354 g/mol. The number of anilines is 1. The second kappa shape index (κ2) is 6.34. The summed E-state index contributed by atoms with van der Waals surface area (Å²) in [6.45, 7) is 1.60. The molecule has 4 rings (SSSR count). The first kappa shape index (κ1) is 16.9. The van der Waals surface area contributed by atoms with Crippen molar-refractivity contribution in [3.63, 3.8) is 0 Å². The van der Waals surface area contributed by atoms with Gasteiger partial charge in [0.25, 0.3) is 0 Å². The molecular weight excluding hydrogens is 332 g/mol. The molecule has 3 aliphatic rings. The molecule has 4 atom stereocenters. The fourth-order valence-corrected chi connectivity index (χ4v) is 4.94. The summed E-state index contributed by atoms with van der Waals surface area (Å²) in [4.78, 5) is 50.1. The minimum atomic E-state index is -0.272. The summed E-state index contributed by atoms with van der Waals surface area (Å²) in [5.74, 6) is -0.0867. The molecule has 1 aliphatic heterocycles. The van der Waals surface area contributed by atoms with Crippen LogP contribution in [0.15, 0.2) is 24.3 Å². The highest BCUT2D eigenvalue weighted by Crippen LogP contribution is 2.56. The van der Waals surface area contributed by atoms with Crippen molar-refractivity contribution >= 4 is 29.2 Å². The summed E-state index contributed by atoms with van der Waals surface area (Å²) in [6, 6.07) is 6.72. The molecule has 1 saturated heterocycles. The van der Waals surface area contributed by atoms with Gasteiger partial charge in [0.05, 0.1) is 11.8 Å². The summed E-state index contributed by atoms with van der Waals surface area (Å²) < 4.78 is 0. The average Bonchev–Trinajstić information content (AvgIpc) is 3.28. The number of imide groups is 1. The van der Waals surface area contributed by atoms with E-state index in [2.05, 4.69) is 5.32 Å². The highest BCUT2D eigenvalue weighted by molar-refractivity contribution is 6.06. The van der Waals surface area contributed by atoms with Gasteiger partial charge < -0.3 is 5.32 Å². The number of carbonyl (C=O) groups excluding carboxylic acids is 4. The predicted molar refractivity (Wildman–Crippen MR) is 94.2 cm³/mol. The number of carbonyl (C=O) groups is 4. The van der Waals surface area contributed by atoms with Gasteiger partial charge in [0, 0.05) is 24.2 Å².